The third-order valence-electron chi connectivity index (χ3n) is 5.17. The molecule has 0 aliphatic carbocycles. The van der Waals surface area contributed by atoms with Crippen molar-refractivity contribution in [2.75, 3.05) is 39.4 Å². The van der Waals surface area contributed by atoms with E-state index in [1.54, 1.807) is 18.3 Å². The van der Waals surface area contributed by atoms with Gasteiger partial charge in [-0.25, -0.2) is 14.4 Å². The lowest BCUT2D eigenvalue weighted by Gasteiger charge is -2.41. The highest BCUT2D eigenvalue weighted by molar-refractivity contribution is 5.79. The van der Waals surface area contributed by atoms with E-state index in [0.717, 1.165) is 50.9 Å². The molecule has 1 aromatic heterocycles. The van der Waals surface area contributed by atoms with Crippen LogP contribution in [0, 0.1) is 5.82 Å². The summed E-state index contributed by atoms with van der Waals surface area (Å²) in [6, 6.07) is 9.76. The van der Waals surface area contributed by atoms with Crippen LogP contribution in [0.1, 0.15) is 26.3 Å². The van der Waals surface area contributed by atoms with Crippen molar-refractivity contribution in [3.63, 3.8) is 0 Å². The second-order valence-electron chi connectivity index (χ2n) is 7.99. The second-order valence-corrected chi connectivity index (χ2v) is 7.99. The molecule has 168 valence electrons. The van der Waals surface area contributed by atoms with E-state index >= 15 is 0 Å². The first-order chi connectivity index (χ1) is 15.0. The smallest absolute Gasteiger partial charge is 0.224 e. The molecule has 2 heterocycles. The summed E-state index contributed by atoms with van der Waals surface area (Å²) in [5, 5.41) is 6.74. The Hall–Kier alpha value is -2.71. The van der Waals surface area contributed by atoms with Crippen LogP contribution < -0.4 is 15.4 Å². The van der Waals surface area contributed by atoms with E-state index < -0.39 is 0 Å². The van der Waals surface area contributed by atoms with Crippen molar-refractivity contribution in [3.05, 3.63) is 54.0 Å². The predicted molar refractivity (Wildman–Crippen MR) is 120 cm³/mol. The van der Waals surface area contributed by atoms with Crippen molar-refractivity contribution in [2.24, 2.45) is 4.99 Å². The molecular formula is C23H32FN5O2. The van der Waals surface area contributed by atoms with Crippen LogP contribution in [-0.4, -0.2) is 60.8 Å². The normalized spacial score (nSPS) is 15.5. The number of nitrogens with one attached hydrogen (secondary N) is 2. The van der Waals surface area contributed by atoms with Gasteiger partial charge in [0.2, 0.25) is 5.88 Å². The highest BCUT2D eigenvalue weighted by atomic mass is 19.1. The minimum Gasteiger partial charge on any atom is -0.439 e. The Balaban J connectivity index is 1.66. The number of rotatable bonds is 8. The van der Waals surface area contributed by atoms with Gasteiger partial charge >= 0.3 is 0 Å². The average Bonchev–Trinajstić information content (AvgIpc) is 2.77. The summed E-state index contributed by atoms with van der Waals surface area (Å²) in [6.07, 6.45) is 1.65. The number of benzene rings is 1. The maximum Gasteiger partial charge on any atom is 0.224 e. The van der Waals surface area contributed by atoms with Crippen LogP contribution in [0.5, 0.6) is 11.6 Å². The van der Waals surface area contributed by atoms with Gasteiger partial charge in [-0.15, -0.1) is 0 Å². The topological polar surface area (TPSA) is 71.0 Å². The van der Waals surface area contributed by atoms with Crippen LogP contribution in [0.2, 0.25) is 0 Å². The van der Waals surface area contributed by atoms with Crippen LogP contribution in [0.3, 0.4) is 0 Å². The summed E-state index contributed by atoms with van der Waals surface area (Å²) in [7, 11) is 0. The van der Waals surface area contributed by atoms with Gasteiger partial charge in [-0.2, -0.15) is 0 Å². The number of aromatic nitrogens is 1. The molecule has 0 amide bonds. The molecule has 2 N–H and O–H groups in total. The van der Waals surface area contributed by atoms with Crippen LogP contribution >= 0.6 is 0 Å². The summed E-state index contributed by atoms with van der Waals surface area (Å²) in [6.45, 7) is 11.8. The van der Waals surface area contributed by atoms with E-state index in [-0.39, 0.29) is 11.4 Å². The molecule has 0 spiro atoms. The average molecular weight is 430 g/mol. The first-order valence-electron chi connectivity index (χ1n) is 10.7. The molecule has 7 nitrogen and oxygen atoms in total. The summed E-state index contributed by atoms with van der Waals surface area (Å²) in [5.74, 6) is 1.20. The Morgan fingerprint density at radius 3 is 2.77 bits per heavy atom. The molecule has 0 bridgehead atoms. The van der Waals surface area contributed by atoms with Gasteiger partial charge in [0.1, 0.15) is 11.6 Å². The van der Waals surface area contributed by atoms with Crippen molar-refractivity contribution in [3.8, 4) is 11.6 Å². The lowest BCUT2D eigenvalue weighted by Crippen LogP contribution is -2.56. The number of morpholine rings is 1. The van der Waals surface area contributed by atoms with Crippen LogP contribution in [0.25, 0.3) is 0 Å². The Morgan fingerprint density at radius 1 is 1.23 bits per heavy atom. The molecule has 0 saturated carbocycles. The predicted octanol–water partition coefficient (Wildman–Crippen LogP) is 3.18. The number of hydrogen-bond acceptors (Lipinski definition) is 5. The van der Waals surface area contributed by atoms with Crippen molar-refractivity contribution in [2.45, 2.75) is 32.9 Å². The Bertz CT molecular complexity index is 869. The molecule has 2 aromatic rings. The summed E-state index contributed by atoms with van der Waals surface area (Å²) >= 11 is 0. The minimum absolute atomic E-state index is 0.0278. The third kappa shape index (κ3) is 6.90. The van der Waals surface area contributed by atoms with Gasteiger partial charge in [0.05, 0.1) is 19.8 Å². The fourth-order valence-electron chi connectivity index (χ4n) is 3.36. The van der Waals surface area contributed by atoms with Gasteiger partial charge in [0, 0.05) is 49.5 Å². The maximum atomic E-state index is 13.5. The van der Waals surface area contributed by atoms with Gasteiger partial charge in [-0.3, -0.25) is 4.90 Å². The zero-order valence-corrected chi connectivity index (χ0v) is 18.5. The highest BCUT2D eigenvalue weighted by Crippen LogP contribution is 2.24. The quantitative estimate of drug-likeness (QED) is 0.496. The lowest BCUT2D eigenvalue weighted by molar-refractivity contribution is -0.00834. The molecule has 1 aromatic carbocycles. The fraction of sp³-hybridized carbons (Fsp3) is 0.478. The van der Waals surface area contributed by atoms with Crippen molar-refractivity contribution in [1.29, 1.82) is 0 Å². The molecule has 3 rings (SSSR count). The largest absolute Gasteiger partial charge is 0.439 e. The van der Waals surface area contributed by atoms with Gasteiger partial charge in [0.25, 0.3) is 0 Å². The van der Waals surface area contributed by atoms with E-state index in [0.29, 0.717) is 18.2 Å². The SMILES string of the molecule is CCNC(=NCc1cccnc1Oc1cccc(F)c1)NCC(C)(C)N1CCOCC1. The van der Waals surface area contributed by atoms with E-state index in [1.807, 2.05) is 19.1 Å². The lowest BCUT2D eigenvalue weighted by atomic mass is 10.0. The van der Waals surface area contributed by atoms with Crippen molar-refractivity contribution in [1.82, 2.24) is 20.5 Å². The Kier molecular flexibility index (Phi) is 8.20. The molecule has 31 heavy (non-hydrogen) atoms. The number of nitrogens with zero attached hydrogens (tertiary/aromatic N) is 3. The third-order valence-corrected chi connectivity index (χ3v) is 5.17. The van der Waals surface area contributed by atoms with Gasteiger partial charge < -0.3 is 20.1 Å². The van der Waals surface area contributed by atoms with E-state index in [2.05, 4.69) is 34.4 Å². The Labute approximate surface area is 183 Å². The molecule has 1 aliphatic rings. The molecular weight excluding hydrogens is 397 g/mol. The van der Waals surface area contributed by atoms with Crippen LogP contribution in [0.15, 0.2) is 47.6 Å². The summed E-state index contributed by atoms with van der Waals surface area (Å²) in [4.78, 5) is 11.4. The van der Waals surface area contributed by atoms with Gasteiger partial charge in [-0.1, -0.05) is 12.1 Å². The van der Waals surface area contributed by atoms with E-state index in [1.165, 1.54) is 12.1 Å². The number of pyridine rings is 1. The number of halogens is 1. The standard InChI is InChI=1S/C23H32FN5O2/c1-4-25-22(28-17-23(2,3)29-11-13-30-14-12-29)27-16-18-7-6-10-26-21(18)31-20-9-5-8-19(24)15-20/h5-10,15H,4,11-14,16-17H2,1-3H3,(H2,25,27,28). The first kappa shape index (κ1) is 23.0. The molecule has 1 saturated heterocycles. The summed E-state index contributed by atoms with van der Waals surface area (Å²) < 4.78 is 24.7. The van der Waals surface area contributed by atoms with E-state index in [4.69, 9.17) is 14.5 Å². The Morgan fingerprint density at radius 2 is 2.03 bits per heavy atom. The molecule has 0 radical (unpaired) electrons. The molecule has 1 fully saturated rings. The van der Waals surface area contributed by atoms with Crippen molar-refractivity contribution < 1.29 is 13.9 Å². The van der Waals surface area contributed by atoms with E-state index in [9.17, 15) is 4.39 Å². The maximum absolute atomic E-state index is 13.5. The highest BCUT2D eigenvalue weighted by Gasteiger charge is 2.28. The first-order valence-corrected chi connectivity index (χ1v) is 10.7. The number of guanidine groups is 1. The monoisotopic (exact) mass is 429 g/mol. The molecule has 8 heteroatoms. The van der Waals surface area contributed by atoms with Crippen LogP contribution in [-0.2, 0) is 11.3 Å². The zero-order chi connectivity index (χ0) is 22.1. The number of ether oxygens (including phenoxy) is 2. The van der Waals surface area contributed by atoms with Crippen molar-refractivity contribution >= 4 is 5.96 Å². The zero-order valence-electron chi connectivity index (χ0n) is 18.5. The summed E-state index contributed by atoms with van der Waals surface area (Å²) in [5.41, 5.74) is 0.788. The molecule has 0 unspecified atom stereocenters. The molecule has 0 atom stereocenters. The molecule has 1 aliphatic heterocycles. The van der Waals surface area contributed by atoms with Gasteiger partial charge in [-0.05, 0) is 39.0 Å². The van der Waals surface area contributed by atoms with Crippen LogP contribution in [0.4, 0.5) is 4.39 Å². The second kappa shape index (κ2) is 11.1. The minimum atomic E-state index is -0.352. The van der Waals surface area contributed by atoms with Gasteiger partial charge in [0.15, 0.2) is 5.96 Å². The number of hydrogen-bond donors (Lipinski definition) is 2. The fourth-order valence-corrected chi connectivity index (χ4v) is 3.36. The number of aliphatic imine (C=N–C) groups is 1.